The van der Waals surface area contributed by atoms with Crippen LogP contribution >= 0.6 is 33.9 Å². The maximum atomic E-state index is 12.5. The van der Waals surface area contributed by atoms with E-state index in [1.807, 2.05) is 40.6 Å². The molecule has 1 aromatic carbocycles. The standard InChI is InChI=1S/C15H17IN2OS/c1-2-6-18(9-11-4-3-5-13(17)7-11)15(19)12-8-14(16)20-10-12/h3-5,7-8,10H,2,6,9,17H2,1H3. The van der Waals surface area contributed by atoms with Crippen molar-refractivity contribution < 1.29 is 4.79 Å². The number of amides is 1. The molecular weight excluding hydrogens is 383 g/mol. The smallest absolute Gasteiger partial charge is 0.255 e. The summed E-state index contributed by atoms with van der Waals surface area (Å²) in [7, 11) is 0. The largest absolute Gasteiger partial charge is 0.399 e. The second-order valence-corrected chi connectivity index (χ2v) is 7.42. The predicted octanol–water partition coefficient (Wildman–Crippen LogP) is 3.99. The highest BCUT2D eigenvalue weighted by Crippen LogP contribution is 2.19. The monoisotopic (exact) mass is 400 g/mol. The summed E-state index contributed by atoms with van der Waals surface area (Å²) in [5.41, 5.74) is 8.37. The van der Waals surface area contributed by atoms with E-state index in [9.17, 15) is 4.79 Å². The summed E-state index contributed by atoms with van der Waals surface area (Å²) >= 11 is 3.83. The van der Waals surface area contributed by atoms with Crippen LogP contribution in [0, 0.1) is 2.88 Å². The zero-order chi connectivity index (χ0) is 14.5. The van der Waals surface area contributed by atoms with Gasteiger partial charge in [0.15, 0.2) is 0 Å². The molecule has 0 spiro atoms. The molecule has 1 aromatic heterocycles. The van der Waals surface area contributed by atoms with E-state index in [1.54, 1.807) is 11.3 Å². The van der Waals surface area contributed by atoms with Gasteiger partial charge < -0.3 is 10.6 Å². The van der Waals surface area contributed by atoms with E-state index in [0.717, 1.165) is 32.7 Å². The lowest BCUT2D eigenvalue weighted by molar-refractivity contribution is 0.0743. The Bertz CT molecular complexity index is 597. The lowest BCUT2D eigenvalue weighted by Crippen LogP contribution is -2.31. The van der Waals surface area contributed by atoms with Crippen molar-refractivity contribution >= 4 is 45.5 Å². The van der Waals surface area contributed by atoms with Crippen LogP contribution < -0.4 is 5.73 Å². The van der Waals surface area contributed by atoms with Gasteiger partial charge in [-0.25, -0.2) is 0 Å². The molecule has 3 nitrogen and oxygen atoms in total. The molecule has 0 unspecified atom stereocenters. The Balaban J connectivity index is 2.16. The zero-order valence-electron chi connectivity index (χ0n) is 11.3. The fraction of sp³-hybridized carbons (Fsp3) is 0.267. The summed E-state index contributed by atoms with van der Waals surface area (Å²) in [6, 6.07) is 9.65. The highest BCUT2D eigenvalue weighted by atomic mass is 127. The van der Waals surface area contributed by atoms with Gasteiger partial charge in [-0.15, -0.1) is 11.3 Å². The van der Waals surface area contributed by atoms with Crippen LogP contribution in [0.2, 0.25) is 0 Å². The summed E-state index contributed by atoms with van der Waals surface area (Å²) in [6.07, 6.45) is 0.940. The fourth-order valence-corrected chi connectivity index (χ4v) is 3.36. The molecule has 0 saturated heterocycles. The quantitative estimate of drug-likeness (QED) is 0.610. The highest BCUT2D eigenvalue weighted by Gasteiger charge is 2.16. The Kier molecular flexibility index (Phi) is 5.42. The molecule has 0 bridgehead atoms. The summed E-state index contributed by atoms with van der Waals surface area (Å²) in [4.78, 5) is 14.4. The van der Waals surface area contributed by atoms with E-state index in [0.29, 0.717) is 6.54 Å². The summed E-state index contributed by atoms with van der Waals surface area (Å²) in [6.45, 7) is 3.43. The van der Waals surface area contributed by atoms with Crippen molar-refractivity contribution in [2.45, 2.75) is 19.9 Å². The SMILES string of the molecule is CCCN(Cc1cccc(N)c1)C(=O)c1csc(I)c1. The van der Waals surface area contributed by atoms with Crippen molar-refractivity contribution in [1.82, 2.24) is 4.90 Å². The van der Waals surface area contributed by atoms with Crippen molar-refractivity contribution in [3.05, 3.63) is 49.7 Å². The average Bonchev–Trinajstić information content (AvgIpc) is 2.84. The Morgan fingerprint density at radius 1 is 1.40 bits per heavy atom. The maximum Gasteiger partial charge on any atom is 0.255 e. The first-order chi connectivity index (χ1) is 9.60. The molecule has 106 valence electrons. The number of thiophene rings is 1. The van der Waals surface area contributed by atoms with E-state index >= 15 is 0 Å². The molecule has 0 radical (unpaired) electrons. The number of hydrogen-bond donors (Lipinski definition) is 1. The van der Waals surface area contributed by atoms with Crippen LogP contribution in [-0.2, 0) is 6.54 Å². The third-order valence-electron chi connectivity index (χ3n) is 2.92. The van der Waals surface area contributed by atoms with Crippen LogP contribution in [-0.4, -0.2) is 17.4 Å². The number of halogens is 1. The number of nitrogens with zero attached hydrogens (tertiary/aromatic N) is 1. The number of anilines is 1. The average molecular weight is 400 g/mol. The summed E-state index contributed by atoms with van der Waals surface area (Å²) < 4.78 is 1.13. The molecule has 0 aliphatic rings. The van der Waals surface area contributed by atoms with Crippen molar-refractivity contribution in [3.8, 4) is 0 Å². The Morgan fingerprint density at radius 3 is 2.80 bits per heavy atom. The van der Waals surface area contributed by atoms with Gasteiger partial charge in [0.25, 0.3) is 5.91 Å². The summed E-state index contributed by atoms with van der Waals surface area (Å²) in [5, 5.41) is 1.92. The first-order valence-electron chi connectivity index (χ1n) is 6.48. The van der Waals surface area contributed by atoms with E-state index < -0.39 is 0 Å². The molecule has 0 aliphatic carbocycles. The molecule has 20 heavy (non-hydrogen) atoms. The second-order valence-electron chi connectivity index (χ2n) is 4.61. The molecule has 0 atom stereocenters. The maximum absolute atomic E-state index is 12.5. The van der Waals surface area contributed by atoms with Crippen molar-refractivity contribution in [2.24, 2.45) is 0 Å². The molecule has 0 saturated carbocycles. The van der Waals surface area contributed by atoms with Crippen LogP contribution in [0.1, 0.15) is 29.3 Å². The summed E-state index contributed by atoms with van der Waals surface area (Å²) in [5.74, 6) is 0.0911. The van der Waals surface area contributed by atoms with Gasteiger partial charge in [-0.2, -0.15) is 0 Å². The first-order valence-corrected chi connectivity index (χ1v) is 8.43. The van der Waals surface area contributed by atoms with Gasteiger partial charge in [0.05, 0.1) is 8.45 Å². The van der Waals surface area contributed by atoms with Crippen molar-refractivity contribution in [3.63, 3.8) is 0 Å². The van der Waals surface area contributed by atoms with Gasteiger partial charge in [-0.1, -0.05) is 19.1 Å². The zero-order valence-corrected chi connectivity index (χ0v) is 14.3. The molecule has 1 amide bonds. The Hall–Kier alpha value is -1.08. The normalized spacial score (nSPS) is 10.5. The van der Waals surface area contributed by atoms with Crippen molar-refractivity contribution in [1.29, 1.82) is 0 Å². The van der Waals surface area contributed by atoms with Gasteiger partial charge in [-0.05, 0) is 52.8 Å². The van der Waals surface area contributed by atoms with E-state index in [-0.39, 0.29) is 5.91 Å². The molecule has 2 N–H and O–H groups in total. The lowest BCUT2D eigenvalue weighted by Gasteiger charge is -2.22. The molecular formula is C15H17IN2OS. The number of nitrogens with two attached hydrogens (primary N) is 1. The number of carbonyl (C=O) groups excluding carboxylic acids is 1. The highest BCUT2D eigenvalue weighted by molar-refractivity contribution is 14.1. The van der Waals surface area contributed by atoms with E-state index in [1.165, 1.54) is 0 Å². The second kappa shape index (κ2) is 7.08. The topological polar surface area (TPSA) is 46.3 Å². The number of hydrogen-bond acceptors (Lipinski definition) is 3. The fourth-order valence-electron chi connectivity index (χ4n) is 2.04. The Morgan fingerprint density at radius 2 is 2.20 bits per heavy atom. The first kappa shape index (κ1) is 15.3. The molecule has 0 fully saturated rings. The van der Waals surface area contributed by atoms with Crippen LogP contribution in [0.25, 0.3) is 0 Å². The number of benzene rings is 1. The third-order valence-corrected chi connectivity index (χ3v) is 4.71. The minimum atomic E-state index is 0.0911. The van der Waals surface area contributed by atoms with Gasteiger partial charge >= 0.3 is 0 Å². The van der Waals surface area contributed by atoms with Crippen LogP contribution in [0.5, 0.6) is 0 Å². The lowest BCUT2D eigenvalue weighted by atomic mass is 10.1. The number of nitrogen functional groups attached to an aromatic ring is 1. The number of rotatable bonds is 5. The third kappa shape index (κ3) is 3.96. The minimum absolute atomic E-state index is 0.0911. The van der Waals surface area contributed by atoms with Gasteiger partial charge in [0, 0.05) is 24.2 Å². The predicted molar refractivity (Wildman–Crippen MR) is 92.9 cm³/mol. The molecule has 1 heterocycles. The molecule has 5 heteroatoms. The van der Waals surface area contributed by atoms with E-state index in [4.69, 9.17) is 5.73 Å². The molecule has 0 aliphatic heterocycles. The van der Waals surface area contributed by atoms with Gasteiger partial charge in [-0.3, -0.25) is 4.79 Å². The number of carbonyl (C=O) groups is 1. The molecule has 2 rings (SSSR count). The molecule has 2 aromatic rings. The Labute approximate surface area is 136 Å². The minimum Gasteiger partial charge on any atom is -0.399 e. The van der Waals surface area contributed by atoms with Crippen molar-refractivity contribution in [2.75, 3.05) is 12.3 Å². The van der Waals surface area contributed by atoms with Gasteiger partial charge in [0.1, 0.15) is 0 Å². The van der Waals surface area contributed by atoms with Gasteiger partial charge in [0.2, 0.25) is 0 Å². The van der Waals surface area contributed by atoms with E-state index in [2.05, 4.69) is 29.5 Å². The van der Waals surface area contributed by atoms with Crippen LogP contribution in [0.4, 0.5) is 5.69 Å². The van der Waals surface area contributed by atoms with Crippen LogP contribution in [0.15, 0.2) is 35.7 Å². The van der Waals surface area contributed by atoms with Crippen LogP contribution in [0.3, 0.4) is 0 Å².